The minimum Gasteiger partial charge on any atom is -0.294 e. The van der Waals surface area contributed by atoms with Crippen LogP contribution in [-0.4, -0.2) is 16.5 Å². The first-order valence-corrected chi connectivity index (χ1v) is 7.11. The maximum Gasteiger partial charge on any atom is 0.269 e. The van der Waals surface area contributed by atoms with Crippen molar-refractivity contribution in [3.8, 4) is 0 Å². The van der Waals surface area contributed by atoms with Gasteiger partial charge < -0.3 is 0 Å². The highest BCUT2D eigenvalue weighted by Gasteiger charge is 2.07. The monoisotopic (exact) mass is 287 g/mol. The molecule has 0 saturated carbocycles. The number of hydrogen-bond acceptors (Lipinski definition) is 4. The van der Waals surface area contributed by atoms with Gasteiger partial charge in [0.2, 0.25) is 0 Å². The van der Waals surface area contributed by atoms with Gasteiger partial charge in [-0.25, -0.2) is 0 Å². The number of ketones is 1. The van der Waals surface area contributed by atoms with Crippen molar-refractivity contribution in [3.63, 3.8) is 0 Å². The molecule has 0 bridgehead atoms. The third-order valence-corrected chi connectivity index (χ3v) is 3.75. The van der Waals surface area contributed by atoms with Gasteiger partial charge in [0.05, 0.1) is 4.92 Å². The fourth-order valence-electron chi connectivity index (χ4n) is 1.69. The number of hydrogen-bond donors (Lipinski definition) is 0. The second-order valence-electron chi connectivity index (χ2n) is 4.14. The Labute approximate surface area is 121 Å². The summed E-state index contributed by atoms with van der Waals surface area (Å²) in [5.74, 6) is 0.769. The molecule has 5 heteroatoms. The Bertz CT molecular complexity index is 596. The smallest absolute Gasteiger partial charge is 0.269 e. The minimum atomic E-state index is -0.423. The van der Waals surface area contributed by atoms with E-state index in [9.17, 15) is 14.9 Å². The number of nitro groups is 1. The molecule has 20 heavy (non-hydrogen) atoms. The maximum absolute atomic E-state index is 11.9. The summed E-state index contributed by atoms with van der Waals surface area (Å²) in [6.45, 7) is 0. The first-order valence-electron chi connectivity index (χ1n) is 6.12. The Kier molecular flexibility index (Phi) is 4.90. The van der Waals surface area contributed by atoms with Gasteiger partial charge in [-0.15, -0.1) is 11.8 Å². The number of non-ortho nitro benzene ring substituents is 1. The third kappa shape index (κ3) is 3.93. The van der Waals surface area contributed by atoms with Gasteiger partial charge >= 0.3 is 0 Å². The van der Waals surface area contributed by atoms with Crippen molar-refractivity contribution in [2.24, 2.45) is 0 Å². The van der Waals surface area contributed by atoms with Crippen molar-refractivity contribution in [2.45, 2.75) is 11.3 Å². The number of rotatable bonds is 6. The summed E-state index contributed by atoms with van der Waals surface area (Å²) < 4.78 is 0. The highest BCUT2D eigenvalue weighted by atomic mass is 32.2. The lowest BCUT2D eigenvalue weighted by atomic mass is 10.1. The van der Waals surface area contributed by atoms with Crippen molar-refractivity contribution >= 4 is 23.2 Å². The molecule has 0 saturated heterocycles. The van der Waals surface area contributed by atoms with Crippen LogP contribution < -0.4 is 0 Å². The molecule has 0 atom stereocenters. The summed E-state index contributed by atoms with van der Waals surface area (Å²) in [6, 6.07) is 15.5. The second kappa shape index (κ2) is 6.86. The zero-order valence-electron chi connectivity index (χ0n) is 10.7. The van der Waals surface area contributed by atoms with E-state index in [0.29, 0.717) is 12.2 Å². The summed E-state index contributed by atoms with van der Waals surface area (Å²) in [5.41, 5.74) is 0.798. The van der Waals surface area contributed by atoms with Crippen molar-refractivity contribution in [1.82, 2.24) is 0 Å². The zero-order chi connectivity index (χ0) is 14.4. The first-order chi connectivity index (χ1) is 9.66. The van der Waals surface area contributed by atoms with E-state index in [1.54, 1.807) is 24.3 Å². The standard InChI is InChI=1S/C15H13NO3S/c17-15(12-4-2-1-3-5-12)10-11-20-14-8-6-13(7-9-14)16(18)19/h1-9H,10-11H2. The van der Waals surface area contributed by atoms with Crippen molar-refractivity contribution < 1.29 is 9.72 Å². The number of carbonyl (C=O) groups is 1. The lowest BCUT2D eigenvalue weighted by molar-refractivity contribution is -0.384. The summed E-state index contributed by atoms with van der Waals surface area (Å²) in [5, 5.41) is 10.5. The SMILES string of the molecule is O=C(CCSc1ccc([N+](=O)[O-])cc1)c1ccccc1. The molecule has 0 N–H and O–H groups in total. The van der Waals surface area contributed by atoms with E-state index in [2.05, 4.69) is 0 Å². The van der Waals surface area contributed by atoms with Gasteiger partial charge in [-0.2, -0.15) is 0 Å². The Hall–Kier alpha value is -2.14. The molecule has 0 aliphatic carbocycles. The highest BCUT2D eigenvalue weighted by Crippen LogP contribution is 2.22. The molecule has 2 aromatic carbocycles. The molecule has 0 heterocycles. The van der Waals surface area contributed by atoms with E-state index in [1.807, 2.05) is 18.2 Å². The van der Waals surface area contributed by atoms with Crippen molar-refractivity contribution in [2.75, 3.05) is 5.75 Å². The number of Topliss-reactive ketones (excluding diaryl/α,β-unsaturated/α-hetero) is 1. The number of carbonyl (C=O) groups excluding carboxylic acids is 1. The van der Waals surface area contributed by atoms with Crippen LogP contribution in [0.3, 0.4) is 0 Å². The largest absolute Gasteiger partial charge is 0.294 e. The summed E-state index contributed by atoms with van der Waals surface area (Å²) in [7, 11) is 0. The van der Waals surface area contributed by atoms with E-state index >= 15 is 0 Å². The molecule has 0 unspecified atom stereocenters. The summed E-state index contributed by atoms with van der Waals surface area (Å²) >= 11 is 1.52. The van der Waals surface area contributed by atoms with Crippen LogP contribution in [0.2, 0.25) is 0 Å². The molecule has 2 rings (SSSR count). The fraction of sp³-hybridized carbons (Fsp3) is 0.133. The molecule has 102 valence electrons. The van der Waals surface area contributed by atoms with Gasteiger partial charge in [0.1, 0.15) is 0 Å². The van der Waals surface area contributed by atoms with Crippen LogP contribution in [0.1, 0.15) is 16.8 Å². The van der Waals surface area contributed by atoms with E-state index in [1.165, 1.54) is 23.9 Å². The Morgan fingerprint density at radius 3 is 2.30 bits per heavy atom. The van der Waals surface area contributed by atoms with Crippen molar-refractivity contribution in [1.29, 1.82) is 0 Å². The van der Waals surface area contributed by atoms with E-state index in [0.717, 1.165) is 10.5 Å². The molecule has 4 nitrogen and oxygen atoms in total. The molecule has 0 aliphatic heterocycles. The molecular weight excluding hydrogens is 274 g/mol. The maximum atomic E-state index is 11.9. The molecule has 0 aliphatic rings. The van der Waals surface area contributed by atoms with E-state index in [-0.39, 0.29) is 11.5 Å². The van der Waals surface area contributed by atoms with E-state index in [4.69, 9.17) is 0 Å². The van der Waals surface area contributed by atoms with Crippen LogP contribution >= 0.6 is 11.8 Å². The van der Waals surface area contributed by atoms with Crippen LogP contribution in [0.15, 0.2) is 59.5 Å². The fourth-order valence-corrected chi connectivity index (χ4v) is 2.55. The predicted molar refractivity (Wildman–Crippen MR) is 79.2 cm³/mol. The first kappa shape index (κ1) is 14.3. The number of nitrogens with zero attached hydrogens (tertiary/aromatic N) is 1. The zero-order valence-corrected chi connectivity index (χ0v) is 11.5. The second-order valence-corrected chi connectivity index (χ2v) is 5.31. The highest BCUT2D eigenvalue weighted by molar-refractivity contribution is 7.99. The van der Waals surface area contributed by atoms with Gasteiger partial charge in [0, 0.05) is 34.8 Å². The van der Waals surface area contributed by atoms with Crippen LogP contribution in [0.25, 0.3) is 0 Å². The summed E-state index contributed by atoms with van der Waals surface area (Å²) in [6.07, 6.45) is 0.450. The van der Waals surface area contributed by atoms with E-state index < -0.39 is 4.92 Å². The van der Waals surface area contributed by atoms with Crippen LogP contribution in [0.4, 0.5) is 5.69 Å². The molecule has 2 aromatic rings. The van der Waals surface area contributed by atoms with Gasteiger partial charge in [0.25, 0.3) is 5.69 Å². The lowest BCUT2D eigenvalue weighted by Crippen LogP contribution is -1.99. The molecule has 0 radical (unpaired) electrons. The molecule has 0 fully saturated rings. The average molecular weight is 287 g/mol. The minimum absolute atomic E-state index is 0.0784. The van der Waals surface area contributed by atoms with Gasteiger partial charge in [-0.1, -0.05) is 30.3 Å². The molecule has 0 spiro atoms. The summed E-state index contributed by atoms with van der Waals surface area (Å²) in [4.78, 5) is 22.9. The van der Waals surface area contributed by atoms with Crippen LogP contribution in [0.5, 0.6) is 0 Å². The Balaban J connectivity index is 1.84. The number of nitro benzene ring substituents is 1. The lowest BCUT2D eigenvalue weighted by Gasteiger charge is -2.02. The molecule has 0 aromatic heterocycles. The predicted octanol–water partition coefficient (Wildman–Crippen LogP) is 3.96. The third-order valence-electron chi connectivity index (χ3n) is 2.74. The average Bonchev–Trinajstić information content (AvgIpc) is 2.48. The molecular formula is C15H13NO3S. The van der Waals surface area contributed by atoms with Crippen molar-refractivity contribution in [3.05, 3.63) is 70.3 Å². The van der Waals surface area contributed by atoms with Crippen LogP contribution in [-0.2, 0) is 0 Å². The number of thioether (sulfide) groups is 1. The normalized spacial score (nSPS) is 10.2. The van der Waals surface area contributed by atoms with Crippen LogP contribution in [0, 0.1) is 10.1 Å². The topological polar surface area (TPSA) is 60.2 Å². The Morgan fingerprint density at radius 1 is 1.05 bits per heavy atom. The van der Waals surface area contributed by atoms with Gasteiger partial charge in [-0.3, -0.25) is 14.9 Å². The van der Waals surface area contributed by atoms with Gasteiger partial charge in [0.15, 0.2) is 5.78 Å². The quantitative estimate of drug-likeness (QED) is 0.349. The Morgan fingerprint density at radius 2 is 1.70 bits per heavy atom. The molecule has 0 amide bonds. The van der Waals surface area contributed by atoms with Gasteiger partial charge in [-0.05, 0) is 12.1 Å². The number of benzene rings is 2.